The number of allylic oxidation sites excluding steroid dienone is 4. The van der Waals surface area contributed by atoms with Gasteiger partial charge in [0.15, 0.2) is 11.9 Å². The summed E-state index contributed by atoms with van der Waals surface area (Å²) in [5.74, 6) is -4.47. The normalized spacial score (nSPS) is 41.6. The lowest BCUT2D eigenvalue weighted by Gasteiger charge is -2.55. The number of Topliss-reactive ketones (excluding diaryl/α,β-unsaturated/α-hetero) is 1. The van der Waals surface area contributed by atoms with Crippen LogP contribution in [0.25, 0.3) is 0 Å². The first-order valence-corrected chi connectivity index (χ1v) is 21.7. The average molecular weight is 844 g/mol. The first kappa shape index (κ1) is 42.8. The van der Waals surface area contributed by atoms with Crippen LogP contribution in [-0.2, 0) is 33.4 Å². The Hall–Kier alpha value is -3.29. The first-order valence-electron chi connectivity index (χ1n) is 21.0. The van der Waals surface area contributed by atoms with Crippen LogP contribution in [-0.4, -0.2) is 80.4 Å². The van der Waals surface area contributed by atoms with Gasteiger partial charge in [-0.1, -0.05) is 80.8 Å². The van der Waals surface area contributed by atoms with E-state index in [0.29, 0.717) is 32.1 Å². The van der Waals surface area contributed by atoms with Gasteiger partial charge in [0.05, 0.1) is 34.8 Å². The van der Waals surface area contributed by atoms with Crippen LogP contribution in [0, 0.1) is 40.4 Å². The Balaban J connectivity index is 1.21. The number of ether oxygens (including phenoxy) is 3. The van der Waals surface area contributed by atoms with E-state index in [2.05, 4.69) is 29.4 Å². The number of rotatable bonds is 7. The number of ketones is 1. The van der Waals surface area contributed by atoms with Crippen LogP contribution in [0.3, 0.4) is 0 Å². The van der Waals surface area contributed by atoms with Crippen LogP contribution in [0.4, 0.5) is 0 Å². The molecule has 3 aliphatic heterocycles. The highest BCUT2D eigenvalue weighted by Crippen LogP contribution is 2.61. The number of carboxylic acid groups (broad SMARTS) is 1. The van der Waals surface area contributed by atoms with Gasteiger partial charge in [-0.2, -0.15) is 0 Å². The SMILES string of the molecule is CCC1CC23OC(=O)C(=C(O)C4(CC)C(C=CC5C(OC6CC(O)C(NC(=O)C7=C(Cl)CC(Cl)=N7)C(C)O6)C(C)CCC54)CCCCC=CC2(C)C=C1C(=O)O)C3=O. The van der Waals surface area contributed by atoms with Crippen LogP contribution < -0.4 is 5.32 Å². The summed E-state index contributed by atoms with van der Waals surface area (Å²) in [7, 11) is 0. The van der Waals surface area contributed by atoms with Crippen LogP contribution >= 0.6 is 23.2 Å². The molecule has 4 N–H and O–H groups in total. The Morgan fingerprint density at radius 1 is 1.10 bits per heavy atom. The molecule has 1 amide bonds. The number of halogens is 2. The molecule has 14 heteroatoms. The number of fused-ring (bicyclic) bond motifs is 4. The zero-order chi connectivity index (χ0) is 41.9. The molecule has 12 nitrogen and oxygen atoms in total. The van der Waals surface area contributed by atoms with Crippen molar-refractivity contribution in [1.82, 2.24) is 5.32 Å². The fourth-order valence-corrected chi connectivity index (χ4v) is 11.9. The van der Waals surface area contributed by atoms with Gasteiger partial charge in [-0.3, -0.25) is 9.59 Å². The molecule has 3 heterocycles. The maximum atomic E-state index is 15.1. The number of nitrogens with zero attached hydrogens (tertiary/aromatic N) is 1. The number of amides is 1. The number of aliphatic hydroxyl groups is 2. The molecule has 0 aromatic heterocycles. The number of carbonyl (C=O) groups is 4. The second kappa shape index (κ2) is 16.3. The number of aliphatic imine (C=N–C) groups is 1. The molecule has 1 saturated carbocycles. The predicted molar refractivity (Wildman–Crippen MR) is 217 cm³/mol. The van der Waals surface area contributed by atoms with Gasteiger partial charge >= 0.3 is 11.9 Å². The van der Waals surface area contributed by atoms with E-state index in [4.69, 9.17) is 37.4 Å². The lowest BCUT2D eigenvalue weighted by molar-refractivity contribution is -0.258. The number of aliphatic carboxylic acids is 1. The number of carbonyl (C=O) groups excluding carboxylic acids is 3. The first-order chi connectivity index (χ1) is 27.5. The van der Waals surface area contributed by atoms with Gasteiger partial charge in [-0.05, 0) is 82.5 Å². The van der Waals surface area contributed by atoms with Crippen molar-refractivity contribution < 1.29 is 48.7 Å². The summed E-state index contributed by atoms with van der Waals surface area (Å²) in [6, 6.07) is -0.759. The minimum Gasteiger partial charge on any atom is -0.511 e. The lowest BCUT2D eigenvalue weighted by Crippen LogP contribution is -2.58. The van der Waals surface area contributed by atoms with Crippen molar-refractivity contribution in [2.75, 3.05) is 0 Å². The molecule has 2 saturated heterocycles. The van der Waals surface area contributed by atoms with Gasteiger partial charge in [0.25, 0.3) is 5.91 Å². The molecule has 58 heavy (non-hydrogen) atoms. The van der Waals surface area contributed by atoms with Gasteiger partial charge in [0, 0.05) is 36.2 Å². The van der Waals surface area contributed by atoms with Gasteiger partial charge in [-0.15, -0.1) is 0 Å². The van der Waals surface area contributed by atoms with Crippen LogP contribution in [0.15, 0.2) is 63.0 Å². The van der Waals surface area contributed by atoms with Crippen molar-refractivity contribution in [3.63, 3.8) is 0 Å². The molecule has 0 aromatic rings. The molecule has 13 unspecified atom stereocenters. The average Bonchev–Trinajstić information content (AvgIpc) is 3.65. The van der Waals surface area contributed by atoms with Crippen molar-refractivity contribution in [1.29, 1.82) is 0 Å². The molecule has 1 spiro atoms. The Bertz CT molecular complexity index is 1910. The number of nitrogens with one attached hydrogen (secondary N) is 1. The minimum absolute atomic E-state index is 0.00410. The fraction of sp³-hybridized carbons (Fsp3) is 0.659. The molecular weight excluding hydrogens is 787 g/mol. The van der Waals surface area contributed by atoms with E-state index in [0.717, 1.165) is 19.3 Å². The molecule has 2 bridgehead atoms. The van der Waals surface area contributed by atoms with Crippen LogP contribution in [0.1, 0.15) is 105 Å². The molecule has 316 valence electrons. The number of hydrogen-bond acceptors (Lipinski definition) is 10. The zero-order valence-corrected chi connectivity index (χ0v) is 35.4. The summed E-state index contributed by atoms with van der Waals surface area (Å²) in [6.07, 6.45) is 12.5. The van der Waals surface area contributed by atoms with E-state index in [1.54, 1.807) is 19.9 Å². The minimum atomic E-state index is -1.72. The molecule has 0 aromatic carbocycles. The van der Waals surface area contributed by atoms with E-state index in [1.165, 1.54) is 0 Å². The Morgan fingerprint density at radius 3 is 2.52 bits per heavy atom. The second-order valence-electron chi connectivity index (χ2n) is 17.7. The van der Waals surface area contributed by atoms with Gasteiger partial charge in [-0.25, -0.2) is 14.6 Å². The van der Waals surface area contributed by atoms with E-state index in [-0.39, 0.29) is 75.7 Å². The highest BCUT2D eigenvalue weighted by Gasteiger charge is 2.67. The van der Waals surface area contributed by atoms with E-state index >= 15 is 4.79 Å². The molecule has 7 rings (SSSR count). The summed E-state index contributed by atoms with van der Waals surface area (Å²) in [6.45, 7) is 9.47. The third-order valence-corrected chi connectivity index (χ3v) is 15.1. The predicted octanol–water partition coefficient (Wildman–Crippen LogP) is 7.34. The highest BCUT2D eigenvalue weighted by molar-refractivity contribution is 6.67. The van der Waals surface area contributed by atoms with Gasteiger partial charge < -0.3 is 34.8 Å². The van der Waals surface area contributed by atoms with Crippen LogP contribution in [0.5, 0.6) is 0 Å². The van der Waals surface area contributed by atoms with Gasteiger partial charge in [0.1, 0.15) is 22.2 Å². The van der Waals surface area contributed by atoms with Crippen LogP contribution in [0.2, 0.25) is 0 Å². The van der Waals surface area contributed by atoms with Crippen molar-refractivity contribution in [2.24, 2.45) is 45.4 Å². The smallest absolute Gasteiger partial charge is 0.346 e. The third-order valence-electron chi connectivity index (χ3n) is 14.5. The Kier molecular flexibility index (Phi) is 12.0. The molecule has 13 atom stereocenters. The van der Waals surface area contributed by atoms with E-state index in [1.807, 2.05) is 26.0 Å². The van der Waals surface area contributed by atoms with Crippen molar-refractivity contribution in [3.8, 4) is 0 Å². The molecule has 3 fully saturated rings. The van der Waals surface area contributed by atoms with E-state index < -0.39 is 76.6 Å². The number of carboxylic acids is 1. The van der Waals surface area contributed by atoms with E-state index in [9.17, 15) is 29.7 Å². The topological polar surface area (TPSA) is 181 Å². The second-order valence-corrected chi connectivity index (χ2v) is 18.6. The highest BCUT2D eigenvalue weighted by atomic mass is 35.5. The van der Waals surface area contributed by atoms with Gasteiger partial charge in [0.2, 0.25) is 5.78 Å². The standard InChI is InChI=1S/C44H56Cl2N2O10/c1-6-24-20-44-38(51)33(41(55)58-44)37(50)43(7-2)25(12-10-8-9-11-17-42(44,5)21-27(24)40(53)54)14-15-26-28(43)16-13-22(3)36(26)57-32-19-30(49)34(23(4)56-32)48-39(52)35-29(45)18-31(46)47-35/h11,14-15,17,21-26,28,30,32,34,36,49-50H,6-10,12-13,16,18-20H2,1-5H3,(H,48,52)(H,53,54). The molecule has 0 radical (unpaired) electrons. The maximum Gasteiger partial charge on any atom is 0.346 e. The third kappa shape index (κ3) is 7.02. The summed E-state index contributed by atoms with van der Waals surface area (Å²) < 4.78 is 19.3. The monoisotopic (exact) mass is 842 g/mol. The number of esters is 1. The maximum absolute atomic E-state index is 15.1. The lowest BCUT2D eigenvalue weighted by atomic mass is 9.50. The zero-order valence-electron chi connectivity index (χ0n) is 33.8. The summed E-state index contributed by atoms with van der Waals surface area (Å²) in [5.41, 5.74) is -4.10. The van der Waals surface area contributed by atoms with Crippen molar-refractivity contribution >= 4 is 52.0 Å². The molecule has 4 aliphatic carbocycles. The molecule has 7 aliphatic rings. The largest absolute Gasteiger partial charge is 0.511 e. The Labute approximate surface area is 349 Å². The quantitative estimate of drug-likeness (QED) is 0.115. The Morgan fingerprint density at radius 2 is 1.86 bits per heavy atom. The number of hydrogen-bond donors (Lipinski definition) is 4. The summed E-state index contributed by atoms with van der Waals surface area (Å²) >= 11 is 12.2. The summed E-state index contributed by atoms with van der Waals surface area (Å²) in [5, 5.41) is 37.5. The fourth-order valence-electron chi connectivity index (χ4n) is 11.4. The van der Waals surface area contributed by atoms with Crippen molar-refractivity contribution in [3.05, 3.63) is 58.0 Å². The summed E-state index contributed by atoms with van der Waals surface area (Å²) in [4.78, 5) is 58.8. The molecular formula is C44H56Cl2N2O10. The number of aliphatic hydroxyl groups excluding tert-OH is 2. The van der Waals surface area contributed by atoms with Crippen molar-refractivity contribution in [2.45, 2.75) is 141 Å².